The average Bonchev–Trinajstić information content (AvgIpc) is 3.27. The minimum absolute atomic E-state index is 0.0945. The zero-order chi connectivity index (χ0) is 29.1. The predicted molar refractivity (Wildman–Crippen MR) is 152 cm³/mol. The average molecular weight is 570 g/mol. The highest BCUT2D eigenvalue weighted by Gasteiger charge is 2.43. The van der Waals surface area contributed by atoms with Gasteiger partial charge in [0.15, 0.2) is 0 Å². The van der Waals surface area contributed by atoms with Crippen LogP contribution in [0.3, 0.4) is 0 Å². The van der Waals surface area contributed by atoms with Gasteiger partial charge in [-0.3, -0.25) is 13.3 Å². The number of hydrogen-bond acceptors (Lipinski definition) is 10. The van der Waals surface area contributed by atoms with Crippen LogP contribution >= 0.6 is 0 Å². The lowest BCUT2D eigenvalue weighted by molar-refractivity contribution is -0.153. The van der Waals surface area contributed by atoms with Gasteiger partial charge in [-0.15, -0.1) is 0 Å². The van der Waals surface area contributed by atoms with Crippen LogP contribution in [0.25, 0.3) is 10.8 Å². The maximum atomic E-state index is 13.8. The molecule has 1 amide bonds. The first-order valence-corrected chi connectivity index (χ1v) is 13.8. The zero-order valence-corrected chi connectivity index (χ0v) is 23.9. The van der Waals surface area contributed by atoms with E-state index in [1.165, 1.54) is 18.2 Å². The molecule has 214 valence electrons. The van der Waals surface area contributed by atoms with E-state index in [1.807, 2.05) is 32.0 Å². The van der Waals surface area contributed by atoms with Crippen LogP contribution < -0.4 is 19.7 Å². The number of likely N-dealkylation sites (tertiary alicyclic amines) is 1. The number of esters is 1. The predicted octanol–water partition coefficient (Wildman–Crippen LogP) is 1.97. The maximum absolute atomic E-state index is 13.8. The number of hydrogen-bond donors (Lipinski definition) is 1. The van der Waals surface area contributed by atoms with E-state index < -0.39 is 35.2 Å². The summed E-state index contributed by atoms with van der Waals surface area (Å²) in [4.78, 5) is 38.6. The molecule has 2 N–H and O–H groups in total. The summed E-state index contributed by atoms with van der Waals surface area (Å²) in [6, 6.07) is 5.03. The van der Waals surface area contributed by atoms with Crippen LogP contribution in [0, 0.1) is 6.92 Å². The summed E-state index contributed by atoms with van der Waals surface area (Å²) in [5.74, 6) is 0.426. The summed E-state index contributed by atoms with van der Waals surface area (Å²) in [7, 11) is 5.18. The molecule has 1 fully saturated rings. The van der Waals surface area contributed by atoms with E-state index in [-0.39, 0.29) is 31.7 Å². The molecule has 1 aromatic carbocycles. The number of aromatic nitrogens is 2. The number of nitrogens with two attached hydrogens (primary N) is 1. The molecule has 0 saturated carbocycles. The summed E-state index contributed by atoms with van der Waals surface area (Å²) in [5, 5.41) is 1.50. The fourth-order valence-electron chi connectivity index (χ4n) is 5.11. The first-order chi connectivity index (χ1) is 19.1. The number of ether oxygens (including phenoxy) is 2. The molecule has 1 aliphatic heterocycles. The molecule has 1 unspecified atom stereocenters. The molecule has 0 aliphatic carbocycles. The normalized spacial score (nSPS) is 16.6. The van der Waals surface area contributed by atoms with Crippen molar-refractivity contribution in [2.75, 3.05) is 49.3 Å². The third kappa shape index (κ3) is 5.65. The van der Waals surface area contributed by atoms with E-state index in [2.05, 4.69) is 9.97 Å². The molecule has 4 rings (SSSR count). The Morgan fingerprint density at radius 3 is 2.67 bits per heavy atom. The van der Waals surface area contributed by atoms with Gasteiger partial charge in [-0.05, 0) is 61.0 Å². The van der Waals surface area contributed by atoms with E-state index in [4.69, 9.17) is 15.2 Å². The lowest BCUT2D eigenvalue weighted by Crippen LogP contribution is -2.49. The number of methoxy groups -OCH3 is 1. The maximum Gasteiger partial charge on any atom is 0.329 e. The van der Waals surface area contributed by atoms with Crippen molar-refractivity contribution in [1.82, 2.24) is 14.9 Å². The molecule has 1 aliphatic rings. The van der Waals surface area contributed by atoms with Crippen LogP contribution in [0.4, 0.5) is 17.3 Å². The van der Waals surface area contributed by atoms with Crippen LogP contribution in [0.1, 0.15) is 24.5 Å². The van der Waals surface area contributed by atoms with Crippen molar-refractivity contribution in [2.24, 2.45) is 0 Å². The highest BCUT2D eigenvalue weighted by Crippen LogP contribution is 2.33. The van der Waals surface area contributed by atoms with Gasteiger partial charge < -0.3 is 29.6 Å². The summed E-state index contributed by atoms with van der Waals surface area (Å²) >= 11 is -2.77. The van der Waals surface area contributed by atoms with Gasteiger partial charge in [0.25, 0.3) is 0 Å². The molecule has 0 radical (unpaired) electrons. The van der Waals surface area contributed by atoms with Crippen molar-refractivity contribution >= 4 is 51.2 Å². The topological polar surface area (TPSA) is 154 Å². The molecular formula is C27H33N6O6S-. The van der Waals surface area contributed by atoms with Gasteiger partial charge in [-0.1, -0.05) is 0 Å². The van der Waals surface area contributed by atoms with E-state index in [1.54, 1.807) is 31.3 Å². The molecule has 3 atom stereocenters. The molecule has 0 bridgehead atoms. The van der Waals surface area contributed by atoms with Gasteiger partial charge in [0.2, 0.25) is 5.91 Å². The summed E-state index contributed by atoms with van der Waals surface area (Å²) in [6.07, 6.45) is 3.30. The van der Waals surface area contributed by atoms with Crippen LogP contribution in [-0.2, 0) is 32.0 Å². The Labute approximate surface area is 235 Å². The van der Waals surface area contributed by atoms with E-state index in [9.17, 15) is 18.4 Å². The molecule has 2 aromatic heterocycles. The van der Waals surface area contributed by atoms with Gasteiger partial charge in [-0.25, -0.2) is 14.8 Å². The standard InChI is InChI=1S/C27H34N6O6S/c1-6-39-27(35)22(13-18-12-17-7-9-29-24(28)20(17)14-23(18)38-5)32-10-8-21(26(32)34)33(40(36)37)19-11-16(2)25(30-15-19)31(3)4/h7,9,11-12,14-15,21-22H,6,8,10,13H2,1-5H3,(H2,28,29)(H,36,37)/p-1/t21-,22+/m0/s1. The second-order valence-corrected chi connectivity index (χ2v) is 10.5. The zero-order valence-electron chi connectivity index (χ0n) is 23.1. The second-order valence-electron chi connectivity index (χ2n) is 9.66. The largest absolute Gasteiger partial charge is 0.755 e. The van der Waals surface area contributed by atoms with E-state index >= 15 is 0 Å². The number of fused-ring (bicyclic) bond motifs is 1. The molecule has 40 heavy (non-hydrogen) atoms. The first-order valence-electron chi connectivity index (χ1n) is 12.8. The molecular weight excluding hydrogens is 536 g/mol. The van der Waals surface area contributed by atoms with Gasteiger partial charge in [-0.2, -0.15) is 0 Å². The van der Waals surface area contributed by atoms with Gasteiger partial charge in [0.05, 0.1) is 25.6 Å². The second kappa shape index (κ2) is 12.0. The summed E-state index contributed by atoms with van der Waals surface area (Å²) in [5.41, 5.74) is 7.72. The number of amides is 1. The molecule has 13 heteroatoms. The van der Waals surface area contributed by atoms with Crippen molar-refractivity contribution in [2.45, 2.75) is 38.8 Å². The number of aryl methyl sites for hydroxylation is 1. The van der Waals surface area contributed by atoms with Crippen LogP contribution in [0.2, 0.25) is 0 Å². The van der Waals surface area contributed by atoms with Crippen LogP contribution in [0.5, 0.6) is 5.75 Å². The Morgan fingerprint density at radius 2 is 2.05 bits per heavy atom. The quantitative estimate of drug-likeness (QED) is 0.283. The minimum Gasteiger partial charge on any atom is -0.755 e. The number of carbonyl (C=O) groups excluding carboxylic acids is 2. The third-order valence-corrected chi connectivity index (χ3v) is 7.70. The van der Waals surface area contributed by atoms with Crippen molar-refractivity contribution < 1.29 is 27.8 Å². The Morgan fingerprint density at radius 1 is 1.30 bits per heavy atom. The number of nitrogens with zero attached hydrogens (tertiary/aromatic N) is 5. The molecule has 3 heterocycles. The SMILES string of the molecule is CCOC(=O)[C@@H](Cc1cc2ccnc(N)c2cc1OC)N1CC[C@H](N(c2cnc(N(C)C)c(C)c2)S(=O)[O-])C1=O. The number of benzene rings is 1. The Balaban J connectivity index is 1.68. The first kappa shape index (κ1) is 29.0. The van der Waals surface area contributed by atoms with E-state index in [0.29, 0.717) is 28.3 Å². The monoisotopic (exact) mass is 569 g/mol. The molecule has 3 aromatic rings. The van der Waals surface area contributed by atoms with Gasteiger partial charge in [0.1, 0.15) is 29.5 Å². The number of anilines is 3. The van der Waals surface area contributed by atoms with Gasteiger partial charge >= 0.3 is 5.97 Å². The number of pyridine rings is 2. The molecule has 12 nitrogen and oxygen atoms in total. The van der Waals surface area contributed by atoms with Crippen molar-refractivity contribution in [1.29, 1.82) is 0 Å². The fourth-order valence-corrected chi connectivity index (χ4v) is 5.79. The third-order valence-electron chi connectivity index (χ3n) is 6.91. The Kier molecular flexibility index (Phi) is 8.74. The number of carbonyl (C=O) groups is 2. The lowest BCUT2D eigenvalue weighted by atomic mass is 10.00. The van der Waals surface area contributed by atoms with Crippen molar-refractivity contribution in [3.8, 4) is 5.75 Å². The lowest BCUT2D eigenvalue weighted by Gasteiger charge is -2.32. The Bertz CT molecular complexity index is 1450. The molecule has 0 spiro atoms. The van der Waals surface area contributed by atoms with Crippen LogP contribution in [-0.4, -0.2) is 81.9 Å². The highest BCUT2D eigenvalue weighted by atomic mass is 32.2. The smallest absolute Gasteiger partial charge is 0.329 e. The Hall–Kier alpha value is -3.97. The van der Waals surface area contributed by atoms with Crippen LogP contribution in [0.15, 0.2) is 36.7 Å². The van der Waals surface area contributed by atoms with Crippen molar-refractivity contribution in [3.63, 3.8) is 0 Å². The van der Waals surface area contributed by atoms with E-state index in [0.717, 1.165) is 15.3 Å². The number of nitrogen functional groups attached to an aromatic ring is 1. The van der Waals surface area contributed by atoms with Crippen molar-refractivity contribution in [3.05, 3.63) is 47.8 Å². The molecule has 1 saturated heterocycles. The summed E-state index contributed by atoms with van der Waals surface area (Å²) < 4.78 is 36.7. The van der Waals surface area contributed by atoms with Gasteiger partial charge in [0, 0.05) is 49.9 Å². The summed E-state index contributed by atoms with van der Waals surface area (Å²) in [6.45, 7) is 3.79. The minimum atomic E-state index is -2.77. The highest BCUT2D eigenvalue weighted by molar-refractivity contribution is 7.80. The number of rotatable bonds is 10. The fraction of sp³-hybridized carbons (Fsp3) is 0.407.